The predicted molar refractivity (Wildman–Crippen MR) is 56.4 cm³/mol. The van der Waals surface area contributed by atoms with Gasteiger partial charge in [-0.1, -0.05) is 12.1 Å². The summed E-state index contributed by atoms with van der Waals surface area (Å²) in [7, 11) is 1.73. The van der Waals surface area contributed by atoms with Gasteiger partial charge in [0, 0.05) is 7.05 Å². The van der Waals surface area contributed by atoms with E-state index in [4.69, 9.17) is 17.5 Å². The van der Waals surface area contributed by atoms with Crippen LogP contribution in [-0.2, 0) is 0 Å². The summed E-state index contributed by atoms with van der Waals surface area (Å²) in [5.41, 5.74) is 1.31. The molecule has 0 fully saturated rings. The topological polar surface area (TPSA) is 47.8 Å². The van der Waals surface area contributed by atoms with E-state index in [2.05, 4.69) is 16.7 Å². The van der Waals surface area contributed by atoms with Gasteiger partial charge in [0.15, 0.2) is 5.11 Å². The molecule has 13 heavy (non-hydrogen) atoms. The zero-order valence-electron chi connectivity index (χ0n) is 7.16. The summed E-state index contributed by atoms with van der Waals surface area (Å²) in [4.78, 5) is 0. The molecule has 1 aromatic rings. The van der Waals surface area contributed by atoms with E-state index in [-0.39, 0.29) is 0 Å². The number of nitrogens with one attached hydrogen (secondary N) is 2. The van der Waals surface area contributed by atoms with Crippen LogP contribution < -0.4 is 10.6 Å². The maximum Gasteiger partial charge on any atom is 0.170 e. The molecule has 0 aliphatic heterocycles. The Morgan fingerprint density at radius 3 is 2.77 bits per heavy atom. The quantitative estimate of drug-likeness (QED) is 0.660. The van der Waals surface area contributed by atoms with Gasteiger partial charge in [0.05, 0.1) is 11.3 Å². The standard InChI is InChI=1S/C9H9N3S/c1-11-9(13)12-8-5-3-2-4-7(8)6-10/h2-5H,1H3,(H2,11,12,13). The molecule has 2 N–H and O–H groups in total. The van der Waals surface area contributed by atoms with Crippen molar-refractivity contribution < 1.29 is 0 Å². The number of thiocarbonyl (C=S) groups is 1. The lowest BCUT2D eigenvalue weighted by molar-refractivity contribution is 1.20. The number of anilines is 1. The summed E-state index contributed by atoms with van der Waals surface area (Å²) < 4.78 is 0. The van der Waals surface area contributed by atoms with Crippen LogP contribution >= 0.6 is 12.2 Å². The van der Waals surface area contributed by atoms with Crippen LogP contribution in [0.25, 0.3) is 0 Å². The van der Waals surface area contributed by atoms with Crippen LogP contribution in [0.3, 0.4) is 0 Å². The maximum atomic E-state index is 8.75. The Labute approximate surface area is 82.4 Å². The molecule has 0 atom stereocenters. The molecule has 0 saturated carbocycles. The maximum absolute atomic E-state index is 8.75. The van der Waals surface area contributed by atoms with Crippen LogP contribution in [0.4, 0.5) is 5.69 Å². The average molecular weight is 191 g/mol. The molecule has 4 heteroatoms. The highest BCUT2D eigenvalue weighted by molar-refractivity contribution is 7.80. The number of nitrogens with zero attached hydrogens (tertiary/aromatic N) is 1. The third-order valence-electron chi connectivity index (χ3n) is 1.52. The van der Waals surface area contributed by atoms with E-state index in [1.807, 2.05) is 18.2 Å². The van der Waals surface area contributed by atoms with Gasteiger partial charge in [0.1, 0.15) is 6.07 Å². The first-order valence-electron chi connectivity index (χ1n) is 3.76. The summed E-state index contributed by atoms with van der Waals surface area (Å²) in [5, 5.41) is 14.9. The average Bonchev–Trinajstić information content (AvgIpc) is 2.18. The van der Waals surface area contributed by atoms with E-state index in [0.717, 1.165) is 5.69 Å². The first-order chi connectivity index (χ1) is 6.27. The molecular weight excluding hydrogens is 182 g/mol. The van der Waals surface area contributed by atoms with Gasteiger partial charge in [-0.3, -0.25) is 0 Å². The minimum atomic E-state index is 0.502. The molecular formula is C9H9N3S. The van der Waals surface area contributed by atoms with E-state index >= 15 is 0 Å². The van der Waals surface area contributed by atoms with Crippen LogP contribution in [0, 0.1) is 11.3 Å². The largest absolute Gasteiger partial charge is 0.366 e. The second-order valence-corrected chi connectivity index (χ2v) is 2.77. The molecule has 0 saturated heterocycles. The first kappa shape index (κ1) is 9.49. The van der Waals surface area contributed by atoms with E-state index in [9.17, 15) is 0 Å². The van der Waals surface area contributed by atoms with Crippen molar-refractivity contribution in [1.82, 2.24) is 5.32 Å². The van der Waals surface area contributed by atoms with Crippen molar-refractivity contribution in [3.63, 3.8) is 0 Å². The SMILES string of the molecule is CNC(=S)Nc1ccccc1C#N. The third kappa shape index (κ3) is 2.42. The number of rotatable bonds is 1. The highest BCUT2D eigenvalue weighted by atomic mass is 32.1. The van der Waals surface area contributed by atoms with E-state index in [1.165, 1.54) is 0 Å². The van der Waals surface area contributed by atoms with Crippen LogP contribution in [0.1, 0.15) is 5.56 Å². The number of hydrogen-bond acceptors (Lipinski definition) is 2. The molecule has 0 spiro atoms. The molecule has 0 amide bonds. The van der Waals surface area contributed by atoms with E-state index < -0.39 is 0 Å². The first-order valence-corrected chi connectivity index (χ1v) is 4.16. The summed E-state index contributed by atoms with van der Waals surface area (Å²) in [6, 6.07) is 9.28. The summed E-state index contributed by atoms with van der Waals surface area (Å²) in [5.74, 6) is 0. The van der Waals surface area contributed by atoms with Crippen molar-refractivity contribution in [2.24, 2.45) is 0 Å². The second-order valence-electron chi connectivity index (χ2n) is 2.36. The monoisotopic (exact) mass is 191 g/mol. The summed E-state index contributed by atoms with van der Waals surface area (Å²) >= 11 is 4.91. The van der Waals surface area contributed by atoms with Crippen LogP contribution in [0.5, 0.6) is 0 Å². The third-order valence-corrected chi connectivity index (χ3v) is 1.83. The Morgan fingerprint density at radius 2 is 2.15 bits per heavy atom. The van der Waals surface area contributed by atoms with Gasteiger partial charge >= 0.3 is 0 Å². The molecule has 3 nitrogen and oxygen atoms in total. The van der Waals surface area contributed by atoms with E-state index in [0.29, 0.717) is 10.7 Å². The molecule has 1 rings (SSSR count). The van der Waals surface area contributed by atoms with Crippen molar-refractivity contribution in [1.29, 1.82) is 5.26 Å². The summed E-state index contributed by atoms with van der Waals surface area (Å²) in [6.07, 6.45) is 0. The van der Waals surface area contributed by atoms with Gasteiger partial charge in [0.25, 0.3) is 0 Å². The number of hydrogen-bond donors (Lipinski definition) is 2. The number of benzene rings is 1. The van der Waals surface area contributed by atoms with Crippen molar-refractivity contribution in [3.8, 4) is 6.07 Å². The second kappa shape index (κ2) is 4.43. The van der Waals surface area contributed by atoms with Gasteiger partial charge in [-0.05, 0) is 24.4 Å². The van der Waals surface area contributed by atoms with Crippen LogP contribution in [0.2, 0.25) is 0 Å². The van der Waals surface area contributed by atoms with Gasteiger partial charge in [-0.25, -0.2) is 0 Å². The van der Waals surface area contributed by atoms with Gasteiger partial charge < -0.3 is 10.6 Å². The fraction of sp³-hybridized carbons (Fsp3) is 0.111. The molecule has 0 aliphatic carbocycles. The highest BCUT2D eigenvalue weighted by Gasteiger charge is 2.00. The molecule has 0 radical (unpaired) electrons. The molecule has 1 aromatic carbocycles. The lowest BCUT2D eigenvalue weighted by Gasteiger charge is -2.07. The number of nitriles is 1. The van der Waals surface area contributed by atoms with Crippen molar-refractivity contribution >= 4 is 23.0 Å². The zero-order chi connectivity index (χ0) is 9.68. The Balaban J connectivity index is 2.89. The van der Waals surface area contributed by atoms with Crippen molar-refractivity contribution in [2.75, 3.05) is 12.4 Å². The lowest BCUT2D eigenvalue weighted by atomic mass is 10.2. The summed E-state index contributed by atoms with van der Waals surface area (Å²) in [6.45, 7) is 0. The fourth-order valence-corrected chi connectivity index (χ4v) is 0.984. The van der Waals surface area contributed by atoms with Crippen molar-refractivity contribution in [2.45, 2.75) is 0 Å². The minimum Gasteiger partial charge on any atom is -0.366 e. The predicted octanol–water partition coefficient (Wildman–Crippen LogP) is 1.47. The molecule has 0 bridgehead atoms. The van der Waals surface area contributed by atoms with Gasteiger partial charge in [0.2, 0.25) is 0 Å². The molecule has 0 heterocycles. The smallest absolute Gasteiger partial charge is 0.170 e. The molecule has 66 valence electrons. The van der Waals surface area contributed by atoms with Crippen molar-refractivity contribution in [3.05, 3.63) is 29.8 Å². The van der Waals surface area contributed by atoms with Gasteiger partial charge in [-0.2, -0.15) is 5.26 Å². The highest BCUT2D eigenvalue weighted by Crippen LogP contribution is 2.12. The van der Waals surface area contributed by atoms with E-state index in [1.54, 1.807) is 13.1 Å². The zero-order valence-corrected chi connectivity index (χ0v) is 7.98. The Morgan fingerprint density at radius 1 is 1.46 bits per heavy atom. The lowest BCUT2D eigenvalue weighted by Crippen LogP contribution is -2.24. The minimum absolute atomic E-state index is 0.502. The van der Waals surface area contributed by atoms with Crippen LogP contribution in [-0.4, -0.2) is 12.2 Å². The Kier molecular flexibility index (Phi) is 3.23. The molecule has 0 aromatic heterocycles. The Hall–Kier alpha value is -1.60. The van der Waals surface area contributed by atoms with Gasteiger partial charge in [-0.15, -0.1) is 0 Å². The van der Waals surface area contributed by atoms with Crippen LogP contribution in [0.15, 0.2) is 24.3 Å². The normalized spacial score (nSPS) is 8.62. The fourth-order valence-electron chi connectivity index (χ4n) is 0.874. The Bertz CT molecular complexity index is 354. The molecule has 0 unspecified atom stereocenters. The molecule has 0 aliphatic rings. The number of para-hydroxylation sites is 1.